The summed E-state index contributed by atoms with van der Waals surface area (Å²) < 4.78 is 12.9. The van der Waals surface area contributed by atoms with Crippen molar-refractivity contribution in [2.45, 2.75) is 19.3 Å². The van der Waals surface area contributed by atoms with Gasteiger partial charge in [-0.2, -0.15) is 0 Å². The number of benzene rings is 1. The van der Waals surface area contributed by atoms with Gasteiger partial charge < -0.3 is 5.32 Å². The normalized spacial score (nSPS) is 19.4. The molecule has 1 heterocycles. The molecule has 1 N–H and O–H groups in total. The van der Waals surface area contributed by atoms with E-state index in [1.54, 1.807) is 12.1 Å². The first kappa shape index (κ1) is 10.4. The van der Waals surface area contributed by atoms with Crippen molar-refractivity contribution in [2.24, 2.45) is 0 Å². The zero-order valence-electron chi connectivity index (χ0n) is 8.80. The second kappa shape index (κ2) is 5.08. The van der Waals surface area contributed by atoms with Crippen molar-refractivity contribution in [3.05, 3.63) is 47.3 Å². The quantitative estimate of drug-likeness (QED) is 0.732. The van der Waals surface area contributed by atoms with Crippen LogP contribution >= 0.6 is 0 Å². The molecule has 15 heavy (non-hydrogen) atoms. The number of piperidine rings is 1. The monoisotopic (exact) mass is 205 g/mol. The second-order valence-corrected chi connectivity index (χ2v) is 3.98. The lowest BCUT2D eigenvalue weighted by Crippen LogP contribution is -2.23. The van der Waals surface area contributed by atoms with Crippen molar-refractivity contribution < 1.29 is 4.39 Å². The number of nitrogens with one attached hydrogen (secondary N) is 1. The Bertz CT molecular complexity index is 349. The molecule has 2 heteroatoms. The Labute approximate surface area is 90.0 Å². The standard InChI is InChI=1S/C13H16FN/c14-13-5-1-3-11(9-13)6-7-12-4-2-8-15-10-12/h1,3,5,7,9,15H,2,4,6,8,10H2/b12-7+. The molecule has 0 aliphatic carbocycles. The average molecular weight is 205 g/mol. The van der Waals surface area contributed by atoms with Crippen LogP contribution in [0.4, 0.5) is 4.39 Å². The van der Waals surface area contributed by atoms with Crippen LogP contribution in [0.25, 0.3) is 0 Å². The molecule has 0 bridgehead atoms. The van der Waals surface area contributed by atoms with Crippen LogP contribution in [0.1, 0.15) is 18.4 Å². The van der Waals surface area contributed by atoms with Gasteiger partial charge in [-0.05, 0) is 43.5 Å². The zero-order valence-corrected chi connectivity index (χ0v) is 8.80. The van der Waals surface area contributed by atoms with Gasteiger partial charge in [-0.25, -0.2) is 4.39 Å². The van der Waals surface area contributed by atoms with Gasteiger partial charge in [0.15, 0.2) is 0 Å². The van der Waals surface area contributed by atoms with E-state index >= 15 is 0 Å². The van der Waals surface area contributed by atoms with Gasteiger partial charge in [0.1, 0.15) is 5.82 Å². The fourth-order valence-electron chi connectivity index (χ4n) is 1.88. The number of allylic oxidation sites excluding steroid dienone is 1. The second-order valence-electron chi connectivity index (χ2n) is 3.98. The van der Waals surface area contributed by atoms with Gasteiger partial charge >= 0.3 is 0 Å². The van der Waals surface area contributed by atoms with Crippen LogP contribution in [0.3, 0.4) is 0 Å². The molecular weight excluding hydrogens is 189 g/mol. The summed E-state index contributed by atoms with van der Waals surface area (Å²) in [5.74, 6) is -0.146. The van der Waals surface area contributed by atoms with E-state index < -0.39 is 0 Å². The SMILES string of the molecule is Fc1cccc(C/C=C2\CCCNC2)c1. The Morgan fingerprint density at radius 3 is 3.07 bits per heavy atom. The smallest absolute Gasteiger partial charge is 0.123 e. The van der Waals surface area contributed by atoms with E-state index in [2.05, 4.69) is 11.4 Å². The van der Waals surface area contributed by atoms with Crippen LogP contribution in [0.5, 0.6) is 0 Å². The van der Waals surface area contributed by atoms with Gasteiger partial charge in [-0.15, -0.1) is 0 Å². The van der Waals surface area contributed by atoms with Crippen molar-refractivity contribution >= 4 is 0 Å². The van der Waals surface area contributed by atoms with Gasteiger partial charge in [-0.1, -0.05) is 23.8 Å². The molecule has 0 radical (unpaired) electrons. The van der Waals surface area contributed by atoms with Crippen LogP contribution in [-0.2, 0) is 6.42 Å². The maximum Gasteiger partial charge on any atom is 0.123 e. The van der Waals surface area contributed by atoms with E-state index in [-0.39, 0.29) is 5.82 Å². The minimum Gasteiger partial charge on any atom is -0.313 e. The summed E-state index contributed by atoms with van der Waals surface area (Å²) in [4.78, 5) is 0. The van der Waals surface area contributed by atoms with Crippen LogP contribution in [0.15, 0.2) is 35.9 Å². The molecule has 0 saturated carbocycles. The van der Waals surface area contributed by atoms with Gasteiger partial charge in [0.2, 0.25) is 0 Å². The molecule has 0 spiro atoms. The highest BCUT2D eigenvalue weighted by atomic mass is 19.1. The minimum absolute atomic E-state index is 0.146. The predicted molar refractivity (Wildman–Crippen MR) is 60.3 cm³/mol. The summed E-state index contributed by atoms with van der Waals surface area (Å²) in [6.45, 7) is 2.12. The molecule has 1 aromatic rings. The van der Waals surface area contributed by atoms with Crippen LogP contribution < -0.4 is 5.32 Å². The third-order valence-corrected chi connectivity index (χ3v) is 2.72. The van der Waals surface area contributed by atoms with E-state index in [4.69, 9.17) is 0 Å². The molecule has 0 aromatic heterocycles. The third kappa shape index (κ3) is 3.17. The Morgan fingerprint density at radius 1 is 1.40 bits per heavy atom. The molecule has 0 amide bonds. The molecule has 1 aliphatic heterocycles. The number of halogens is 1. The van der Waals surface area contributed by atoms with Crippen molar-refractivity contribution in [3.8, 4) is 0 Å². The fourth-order valence-corrected chi connectivity index (χ4v) is 1.88. The Balaban J connectivity index is 1.96. The summed E-state index contributed by atoms with van der Waals surface area (Å²) >= 11 is 0. The number of hydrogen-bond acceptors (Lipinski definition) is 1. The van der Waals surface area contributed by atoms with Crippen LogP contribution in [0.2, 0.25) is 0 Å². The molecule has 2 rings (SSSR count). The van der Waals surface area contributed by atoms with Crippen LogP contribution in [-0.4, -0.2) is 13.1 Å². The van der Waals surface area contributed by atoms with Gasteiger partial charge in [-0.3, -0.25) is 0 Å². The highest BCUT2D eigenvalue weighted by molar-refractivity contribution is 5.21. The Hall–Kier alpha value is -1.15. The highest BCUT2D eigenvalue weighted by Crippen LogP contribution is 2.11. The largest absolute Gasteiger partial charge is 0.313 e. The molecule has 0 atom stereocenters. The average Bonchev–Trinajstić information content (AvgIpc) is 2.28. The Kier molecular flexibility index (Phi) is 3.51. The lowest BCUT2D eigenvalue weighted by molar-refractivity contribution is 0.607. The molecule has 1 aromatic carbocycles. The molecule has 1 saturated heterocycles. The van der Waals surface area contributed by atoms with E-state index in [1.807, 2.05) is 6.07 Å². The molecular formula is C13H16FN. The Morgan fingerprint density at radius 2 is 2.33 bits per heavy atom. The van der Waals surface area contributed by atoms with Crippen LogP contribution in [0, 0.1) is 5.82 Å². The number of rotatable bonds is 2. The molecule has 80 valence electrons. The van der Waals surface area contributed by atoms with Crippen molar-refractivity contribution in [3.63, 3.8) is 0 Å². The first-order valence-electron chi connectivity index (χ1n) is 5.48. The summed E-state index contributed by atoms with van der Waals surface area (Å²) in [7, 11) is 0. The highest BCUT2D eigenvalue weighted by Gasteiger charge is 2.03. The maximum atomic E-state index is 12.9. The first-order valence-corrected chi connectivity index (χ1v) is 5.48. The molecule has 1 nitrogen and oxygen atoms in total. The predicted octanol–water partition coefficient (Wildman–Crippen LogP) is 2.68. The zero-order chi connectivity index (χ0) is 10.5. The molecule has 0 unspecified atom stereocenters. The summed E-state index contributed by atoms with van der Waals surface area (Å²) in [5, 5.41) is 3.34. The first-order chi connectivity index (χ1) is 7.34. The van der Waals surface area contributed by atoms with Crippen molar-refractivity contribution in [1.29, 1.82) is 0 Å². The lowest BCUT2D eigenvalue weighted by Gasteiger charge is -2.15. The summed E-state index contributed by atoms with van der Waals surface area (Å²) in [6.07, 6.45) is 5.47. The van der Waals surface area contributed by atoms with E-state index in [1.165, 1.54) is 24.5 Å². The van der Waals surface area contributed by atoms with Gasteiger partial charge in [0, 0.05) is 6.54 Å². The summed E-state index contributed by atoms with van der Waals surface area (Å²) in [5.41, 5.74) is 2.50. The third-order valence-electron chi connectivity index (χ3n) is 2.72. The van der Waals surface area contributed by atoms with E-state index in [0.29, 0.717) is 0 Å². The molecule has 1 aliphatic rings. The van der Waals surface area contributed by atoms with Crippen molar-refractivity contribution in [2.75, 3.05) is 13.1 Å². The van der Waals surface area contributed by atoms with E-state index in [0.717, 1.165) is 25.1 Å². The minimum atomic E-state index is -0.146. The van der Waals surface area contributed by atoms with E-state index in [9.17, 15) is 4.39 Å². The molecule has 1 fully saturated rings. The lowest BCUT2D eigenvalue weighted by atomic mass is 10.0. The fraction of sp³-hybridized carbons (Fsp3) is 0.385. The topological polar surface area (TPSA) is 12.0 Å². The van der Waals surface area contributed by atoms with Crippen molar-refractivity contribution in [1.82, 2.24) is 5.32 Å². The maximum absolute atomic E-state index is 12.9. The summed E-state index contributed by atoms with van der Waals surface area (Å²) in [6, 6.07) is 6.82. The number of hydrogen-bond donors (Lipinski definition) is 1. The van der Waals surface area contributed by atoms with Gasteiger partial charge in [0.05, 0.1) is 0 Å². The van der Waals surface area contributed by atoms with Gasteiger partial charge in [0.25, 0.3) is 0 Å².